The summed E-state index contributed by atoms with van der Waals surface area (Å²) in [7, 11) is 0. The minimum absolute atomic E-state index is 0.279. The van der Waals surface area contributed by atoms with Gasteiger partial charge in [-0.25, -0.2) is 4.98 Å². The van der Waals surface area contributed by atoms with Gasteiger partial charge in [0, 0.05) is 12.6 Å². The number of aromatic nitrogens is 3. The van der Waals surface area contributed by atoms with Crippen molar-refractivity contribution in [1.29, 1.82) is 0 Å². The van der Waals surface area contributed by atoms with E-state index in [9.17, 15) is 0 Å². The Morgan fingerprint density at radius 3 is 2.42 bits per heavy atom. The quantitative estimate of drug-likeness (QED) is 0.820. The normalized spacial score (nSPS) is 17.6. The SMILES string of the molecule is CCc1nnc(NC(CN)C2CCCC2)nc1CC. The van der Waals surface area contributed by atoms with Gasteiger partial charge in [0.1, 0.15) is 0 Å². The molecule has 1 saturated carbocycles. The van der Waals surface area contributed by atoms with Crippen LogP contribution in [0.4, 0.5) is 5.95 Å². The Kier molecular flexibility index (Phi) is 5.07. The third kappa shape index (κ3) is 3.41. The lowest BCUT2D eigenvalue weighted by Crippen LogP contribution is -2.36. The Morgan fingerprint density at radius 1 is 1.16 bits per heavy atom. The lowest BCUT2D eigenvalue weighted by Gasteiger charge is -2.23. The van der Waals surface area contributed by atoms with E-state index in [1.807, 2.05) is 0 Å². The van der Waals surface area contributed by atoms with Gasteiger partial charge in [-0.2, -0.15) is 5.10 Å². The van der Waals surface area contributed by atoms with E-state index in [0.29, 0.717) is 18.4 Å². The van der Waals surface area contributed by atoms with Crippen LogP contribution in [-0.4, -0.2) is 27.8 Å². The summed E-state index contributed by atoms with van der Waals surface area (Å²) in [6.07, 6.45) is 6.93. The molecule has 5 heteroatoms. The van der Waals surface area contributed by atoms with Gasteiger partial charge < -0.3 is 11.1 Å². The first-order valence-corrected chi connectivity index (χ1v) is 7.47. The highest BCUT2D eigenvalue weighted by Crippen LogP contribution is 2.28. The Morgan fingerprint density at radius 2 is 1.84 bits per heavy atom. The third-order valence-electron chi connectivity index (χ3n) is 4.05. The van der Waals surface area contributed by atoms with Crippen molar-refractivity contribution in [1.82, 2.24) is 15.2 Å². The zero-order valence-electron chi connectivity index (χ0n) is 12.0. The molecule has 0 aliphatic heterocycles. The molecule has 1 aromatic heterocycles. The Balaban J connectivity index is 2.08. The summed E-state index contributed by atoms with van der Waals surface area (Å²) < 4.78 is 0. The van der Waals surface area contributed by atoms with Crippen molar-refractivity contribution in [2.24, 2.45) is 11.7 Å². The fourth-order valence-electron chi connectivity index (χ4n) is 2.89. The summed E-state index contributed by atoms with van der Waals surface area (Å²) in [5.41, 5.74) is 7.93. The molecule has 1 fully saturated rings. The summed E-state index contributed by atoms with van der Waals surface area (Å²) in [6, 6.07) is 0.279. The molecule has 0 saturated heterocycles. The maximum absolute atomic E-state index is 5.89. The highest BCUT2D eigenvalue weighted by atomic mass is 15.3. The van der Waals surface area contributed by atoms with Gasteiger partial charge in [-0.05, 0) is 31.6 Å². The van der Waals surface area contributed by atoms with E-state index in [4.69, 9.17) is 5.73 Å². The fraction of sp³-hybridized carbons (Fsp3) is 0.786. The van der Waals surface area contributed by atoms with Crippen molar-refractivity contribution in [3.05, 3.63) is 11.4 Å². The molecule has 0 amide bonds. The molecular formula is C14H25N5. The monoisotopic (exact) mass is 263 g/mol. The average molecular weight is 263 g/mol. The number of hydrogen-bond acceptors (Lipinski definition) is 5. The van der Waals surface area contributed by atoms with Crippen LogP contribution in [0.5, 0.6) is 0 Å². The molecule has 1 heterocycles. The fourth-order valence-corrected chi connectivity index (χ4v) is 2.89. The summed E-state index contributed by atoms with van der Waals surface area (Å²) in [4.78, 5) is 4.58. The van der Waals surface area contributed by atoms with Crippen molar-refractivity contribution >= 4 is 5.95 Å². The van der Waals surface area contributed by atoms with E-state index in [1.165, 1.54) is 25.7 Å². The zero-order chi connectivity index (χ0) is 13.7. The molecule has 0 aromatic carbocycles. The lowest BCUT2D eigenvalue weighted by atomic mass is 9.98. The van der Waals surface area contributed by atoms with Crippen LogP contribution < -0.4 is 11.1 Å². The van der Waals surface area contributed by atoms with Crippen LogP contribution in [0.15, 0.2) is 0 Å². The molecule has 1 unspecified atom stereocenters. The molecule has 0 bridgehead atoms. The molecule has 1 atom stereocenters. The average Bonchev–Trinajstić information content (AvgIpc) is 2.98. The number of hydrogen-bond donors (Lipinski definition) is 2. The van der Waals surface area contributed by atoms with Gasteiger partial charge in [-0.3, -0.25) is 0 Å². The van der Waals surface area contributed by atoms with E-state index in [2.05, 4.69) is 34.3 Å². The van der Waals surface area contributed by atoms with Gasteiger partial charge in [0.15, 0.2) is 0 Å². The van der Waals surface area contributed by atoms with E-state index in [1.54, 1.807) is 0 Å². The van der Waals surface area contributed by atoms with Gasteiger partial charge in [0.2, 0.25) is 5.95 Å². The van der Waals surface area contributed by atoms with Crippen LogP contribution >= 0.6 is 0 Å². The topological polar surface area (TPSA) is 76.7 Å². The molecule has 5 nitrogen and oxygen atoms in total. The molecule has 0 spiro atoms. The van der Waals surface area contributed by atoms with Crippen LogP contribution in [0.25, 0.3) is 0 Å². The van der Waals surface area contributed by atoms with Gasteiger partial charge >= 0.3 is 0 Å². The van der Waals surface area contributed by atoms with Crippen LogP contribution in [0.1, 0.15) is 50.9 Å². The van der Waals surface area contributed by atoms with E-state index in [0.717, 1.165) is 24.2 Å². The predicted molar refractivity (Wildman–Crippen MR) is 77.0 cm³/mol. The third-order valence-corrected chi connectivity index (χ3v) is 4.05. The maximum Gasteiger partial charge on any atom is 0.243 e. The molecule has 2 rings (SSSR count). The highest BCUT2D eigenvalue weighted by molar-refractivity contribution is 5.28. The largest absolute Gasteiger partial charge is 0.349 e. The second-order valence-electron chi connectivity index (χ2n) is 5.27. The molecule has 3 N–H and O–H groups in total. The van der Waals surface area contributed by atoms with Crippen molar-refractivity contribution in [3.63, 3.8) is 0 Å². The smallest absolute Gasteiger partial charge is 0.243 e. The molecule has 0 radical (unpaired) electrons. The maximum atomic E-state index is 5.89. The molecule has 1 aliphatic carbocycles. The van der Waals surface area contributed by atoms with Gasteiger partial charge in [-0.1, -0.05) is 26.7 Å². The van der Waals surface area contributed by atoms with Crippen LogP contribution in [0.3, 0.4) is 0 Å². The second kappa shape index (κ2) is 6.80. The Hall–Kier alpha value is -1.23. The minimum atomic E-state index is 0.279. The van der Waals surface area contributed by atoms with Gasteiger partial charge in [-0.15, -0.1) is 5.10 Å². The van der Waals surface area contributed by atoms with Crippen molar-refractivity contribution in [2.45, 2.75) is 58.4 Å². The summed E-state index contributed by atoms with van der Waals surface area (Å²) in [5, 5.41) is 11.8. The molecule has 19 heavy (non-hydrogen) atoms. The number of anilines is 1. The number of aryl methyl sites for hydroxylation is 2. The summed E-state index contributed by atoms with van der Waals surface area (Å²) in [6.45, 7) is 4.81. The van der Waals surface area contributed by atoms with Crippen LogP contribution in [0, 0.1) is 5.92 Å². The van der Waals surface area contributed by atoms with E-state index in [-0.39, 0.29) is 6.04 Å². The minimum Gasteiger partial charge on any atom is -0.349 e. The van der Waals surface area contributed by atoms with Crippen molar-refractivity contribution in [3.8, 4) is 0 Å². The molecule has 1 aromatic rings. The van der Waals surface area contributed by atoms with E-state index < -0.39 is 0 Å². The molecule has 106 valence electrons. The Labute approximate surface area is 115 Å². The second-order valence-corrected chi connectivity index (χ2v) is 5.27. The van der Waals surface area contributed by atoms with Gasteiger partial charge in [0.05, 0.1) is 11.4 Å². The number of nitrogens with zero attached hydrogens (tertiary/aromatic N) is 3. The highest BCUT2D eigenvalue weighted by Gasteiger charge is 2.24. The van der Waals surface area contributed by atoms with E-state index >= 15 is 0 Å². The molecule has 1 aliphatic rings. The number of rotatable bonds is 6. The van der Waals surface area contributed by atoms with Crippen LogP contribution in [-0.2, 0) is 12.8 Å². The number of nitrogens with two attached hydrogens (primary N) is 1. The first-order valence-electron chi connectivity index (χ1n) is 7.47. The van der Waals surface area contributed by atoms with Crippen molar-refractivity contribution < 1.29 is 0 Å². The number of nitrogens with one attached hydrogen (secondary N) is 1. The standard InChI is InChI=1S/C14H25N5/c1-3-11-12(4-2)18-19-14(16-11)17-13(9-15)10-7-5-6-8-10/h10,13H,3-9,15H2,1-2H3,(H,16,17,19). The lowest BCUT2D eigenvalue weighted by molar-refractivity contribution is 0.459. The zero-order valence-corrected chi connectivity index (χ0v) is 12.0. The summed E-state index contributed by atoms with van der Waals surface area (Å²) in [5.74, 6) is 1.29. The predicted octanol–water partition coefficient (Wildman–Crippen LogP) is 1.93. The molecular weight excluding hydrogens is 238 g/mol. The first-order chi connectivity index (χ1) is 9.28. The van der Waals surface area contributed by atoms with Gasteiger partial charge in [0.25, 0.3) is 0 Å². The first kappa shape index (κ1) is 14.2. The Bertz CT molecular complexity index is 401. The van der Waals surface area contributed by atoms with Crippen molar-refractivity contribution in [2.75, 3.05) is 11.9 Å². The summed E-state index contributed by atoms with van der Waals surface area (Å²) >= 11 is 0. The van der Waals surface area contributed by atoms with Crippen LogP contribution in [0.2, 0.25) is 0 Å².